The minimum Gasteiger partial charge on any atom is -0.461 e. The van der Waals surface area contributed by atoms with E-state index < -0.39 is 12.7 Å². The molecule has 0 aliphatic carbocycles. The molecule has 19 heavy (non-hydrogen) atoms. The van der Waals surface area contributed by atoms with Gasteiger partial charge in [0, 0.05) is 6.20 Å². The molecule has 0 radical (unpaired) electrons. The molecule has 0 aliphatic rings. The van der Waals surface area contributed by atoms with Crippen LogP contribution in [0.5, 0.6) is 6.01 Å². The largest absolute Gasteiger partial charge is 0.461 e. The number of amides is 1. The van der Waals surface area contributed by atoms with Gasteiger partial charge in [-0.1, -0.05) is 27.7 Å². The molecule has 0 bridgehead atoms. The van der Waals surface area contributed by atoms with Gasteiger partial charge in [-0.3, -0.25) is 4.79 Å². The molecule has 0 fully saturated rings. The molecule has 0 saturated carbocycles. The van der Waals surface area contributed by atoms with Crippen molar-refractivity contribution in [3.63, 3.8) is 0 Å². The summed E-state index contributed by atoms with van der Waals surface area (Å²) in [5, 5.41) is 19.8. The SMILES string of the molecule is CC.CC.O=CNc1ccnc(OCC(O)CO)n1. The van der Waals surface area contributed by atoms with Gasteiger partial charge in [-0.2, -0.15) is 4.98 Å². The lowest BCUT2D eigenvalue weighted by Crippen LogP contribution is -2.22. The van der Waals surface area contributed by atoms with Crippen molar-refractivity contribution in [2.45, 2.75) is 33.8 Å². The second-order valence-corrected chi connectivity index (χ2v) is 2.63. The third-order valence-electron chi connectivity index (χ3n) is 1.46. The molecule has 0 saturated heterocycles. The zero-order valence-corrected chi connectivity index (χ0v) is 11.8. The molecule has 0 aliphatic heterocycles. The number of rotatable bonds is 6. The van der Waals surface area contributed by atoms with Crippen molar-refractivity contribution in [1.29, 1.82) is 0 Å². The van der Waals surface area contributed by atoms with E-state index in [1.807, 2.05) is 27.7 Å². The van der Waals surface area contributed by atoms with Gasteiger partial charge in [0.15, 0.2) is 0 Å². The average Bonchev–Trinajstić information content (AvgIpc) is 2.49. The monoisotopic (exact) mass is 273 g/mol. The van der Waals surface area contributed by atoms with Crippen LogP contribution in [0.1, 0.15) is 27.7 Å². The van der Waals surface area contributed by atoms with E-state index in [4.69, 9.17) is 14.9 Å². The normalized spacial score (nSPS) is 10.0. The molecule has 0 aromatic carbocycles. The fourth-order valence-corrected chi connectivity index (χ4v) is 0.775. The van der Waals surface area contributed by atoms with Crippen LogP contribution in [0.2, 0.25) is 0 Å². The molecule has 1 aromatic heterocycles. The van der Waals surface area contributed by atoms with Crippen molar-refractivity contribution in [3.05, 3.63) is 12.3 Å². The van der Waals surface area contributed by atoms with Crippen molar-refractivity contribution in [3.8, 4) is 6.01 Å². The summed E-state index contributed by atoms with van der Waals surface area (Å²) in [6.45, 7) is 7.49. The predicted molar refractivity (Wildman–Crippen MR) is 73.0 cm³/mol. The zero-order valence-electron chi connectivity index (χ0n) is 11.8. The highest BCUT2D eigenvalue weighted by molar-refractivity contribution is 5.68. The van der Waals surface area contributed by atoms with Gasteiger partial charge < -0.3 is 20.3 Å². The number of ether oxygens (including phenoxy) is 1. The summed E-state index contributed by atoms with van der Waals surface area (Å²) in [5.74, 6) is 0.300. The molecule has 1 unspecified atom stereocenters. The third kappa shape index (κ3) is 9.93. The quantitative estimate of drug-likeness (QED) is 0.663. The van der Waals surface area contributed by atoms with Crippen LogP contribution in [0.3, 0.4) is 0 Å². The first kappa shape index (κ1) is 19.6. The number of nitrogens with zero attached hydrogens (tertiary/aromatic N) is 2. The van der Waals surface area contributed by atoms with E-state index in [9.17, 15) is 4.79 Å². The zero-order chi connectivity index (χ0) is 15.1. The Morgan fingerprint density at radius 2 is 2.05 bits per heavy atom. The minimum atomic E-state index is -0.976. The van der Waals surface area contributed by atoms with Crippen LogP contribution in [-0.2, 0) is 4.79 Å². The second kappa shape index (κ2) is 14.3. The molecule has 0 spiro atoms. The van der Waals surface area contributed by atoms with Gasteiger partial charge in [0.25, 0.3) is 0 Å². The second-order valence-electron chi connectivity index (χ2n) is 2.63. The van der Waals surface area contributed by atoms with Crippen molar-refractivity contribution in [2.24, 2.45) is 0 Å². The minimum absolute atomic E-state index is 0.0225. The van der Waals surface area contributed by atoms with E-state index in [2.05, 4.69) is 15.3 Å². The summed E-state index contributed by atoms with van der Waals surface area (Å²) in [4.78, 5) is 17.7. The topological polar surface area (TPSA) is 105 Å². The van der Waals surface area contributed by atoms with Gasteiger partial charge in [-0.15, -0.1) is 0 Å². The Morgan fingerprint density at radius 3 is 2.58 bits per heavy atom. The lowest BCUT2D eigenvalue weighted by Gasteiger charge is -2.08. The van der Waals surface area contributed by atoms with E-state index in [0.717, 1.165) is 0 Å². The Balaban J connectivity index is 0. The van der Waals surface area contributed by atoms with Crippen molar-refractivity contribution < 1.29 is 19.7 Å². The standard InChI is InChI=1S/C8H11N3O4.2C2H6/c12-3-6(14)4-15-8-9-2-1-7(11-8)10-5-13;2*1-2/h1-2,5-6,12,14H,3-4H2,(H,9,10,11,13);2*1-2H3. The molecule has 1 rings (SSSR count). The highest BCUT2D eigenvalue weighted by Gasteiger charge is 2.05. The number of aromatic nitrogens is 2. The summed E-state index contributed by atoms with van der Waals surface area (Å²) in [7, 11) is 0. The lowest BCUT2D eigenvalue weighted by molar-refractivity contribution is -0.105. The van der Waals surface area contributed by atoms with Gasteiger partial charge in [-0.05, 0) is 6.07 Å². The van der Waals surface area contributed by atoms with E-state index >= 15 is 0 Å². The maximum Gasteiger partial charge on any atom is 0.318 e. The Morgan fingerprint density at radius 1 is 1.42 bits per heavy atom. The third-order valence-corrected chi connectivity index (χ3v) is 1.46. The lowest BCUT2D eigenvalue weighted by atomic mass is 10.4. The van der Waals surface area contributed by atoms with Crippen LogP contribution in [0.15, 0.2) is 12.3 Å². The highest BCUT2D eigenvalue weighted by atomic mass is 16.5. The predicted octanol–water partition coefficient (Wildman–Crippen LogP) is 0.829. The van der Waals surface area contributed by atoms with Crippen LogP contribution in [-0.4, -0.2) is 45.9 Å². The number of carbonyl (C=O) groups is 1. The Bertz CT molecular complexity index is 324. The van der Waals surface area contributed by atoms with E-state index in [0.29, 0.717) is 12.2 Å². The van der Waals surface area contributed by atoms with Crippen LogP contribution in [0.4, 0.5) is 5.82 Å². The first-order valence-corrected chi connectivity index (χ1v) is 6.21. The smallest absolute Gasteiger partial charge is 0.318 e. The molecule has 1 atom stereocenters. The maximum absolute atomic E-state index is 10.1. The molecule has 1 aromatic rings. The van der Waals surface area contributed by atoms with E-state index in [-0.39, 0.29) is 12.6 Å². The fraction of sp³-hybridized carbons (Fsp3) is 0.583. The van der Waals surface area contributed by atoms with Crippen molar-refractivity contribution >= 4 is 12.2 Å². The molecule has 7 heteroatoms. The summed E-state index contributed by atoms with van der Waals surface area (Å²) in [6.07, 6.45) is 0.907. The van der Waals surface area contributed by atoms with Gasteiger partial charge >= 0.3 is 6.01 Å². The Kier molecular flexibility index (Phi) is 14.8. The number of hydrogen-bond acceptors (Lipinski definition) is 6. The van der Waals surface area contributed by atoms with Crippen molar-refractivity contribution in [2.75, 3.05) is 18.5 Å². The Labute approximate surface area is 113 Å². The van der Waals surface area contributed by atoms with Crippen molar-refractivity contribution in [1.82, 2.24) is 9.97 Å². The van der Waals surface area contributed by atoms with E-state index in [1.165, 1.54) is 12.3 Å². The number of nitrogens with one attached hydrogen (secondary N) is 1. The fourth-order valence-electron chi connectivity index (χ4n) is 0.775. The first-order valence-electron chi connectivity index (χ1n) is 6.21. The van der Waals surface area contributed by atoms with Crippen LogP contribution < -0.4 is 10.1 Å². The molecular formula is C12H23N3O4. The maximum atomic E-state index is 10.1. The van der Waals surface area contributed by atoms with Gasteiger partial charge in [0.2, 0.25) is 6.41 Å². The summed E-state index contributed by atoms with van der Waals surface area (Å²) in [5.41, 5.74) is 0. The number of carbonyl (C=O) groups excluding carboxylic acids is 1. The average molecular weight is 273 g/mol. The van der Waals surface area contributed by atoms with Gasteiger partial charge in [-0.25, -0.2) is 4.98 Å². The molecule has 7 nitrogen and oxygen atoms in total. The number of aliphatic hydroxyl groups excluding tert-OH is 2. The molecule has 110 valence electrons. The summed E-state index contributed by atoms with van der Waals surface area (Å²) >= 11 is 0. The molecule has 1 amide bonds. The van der Waals surface area contributed by atoms with E-state index in [1.54, 1.807) is 0 Å². The Hall–Kier alpha value is -1.73. The van der Waals surface area contributed by atoms with Crippen LogP contribution >= 0.6 is 0 Å². The summed E-state index contributed by atoms with van der Waals surface area (Å²) in [6, 6.07) is 1.51. The number of anilines is 1. The first-order chi connectivity index (χ1) is 9.26. The van der Waals surface area contributed by atoms with Crippen LogP contribution in [0, 0.1) is 0 Å². The van der Waals surface area contributed by atoms with Gasteiger partial charge in [0.05, 0.1) is 6.61 Å². The number of hydrogen-bond donors (Lipinski definition) is 3. The summed E-state index contributed by atoms with van der Waals surface area (Å²) < 4.78 is 4.96. The molecule has 3 N–H and O–H groups in total. The van der Waals surface area contributed by atoms with Gasteiger partial charge in [0.1, 0.15) is 18.5 Å². The van der Waals surface area contributed by atoms with Crippen LogP contribution in [0.25, 0.3) is 0 Å². The molecular weight excluding hydrogens is 250 g/mol. The number of aliphatic hydroxyl groups is 2. The highest BCUT2D eigenvalue weighted by Crippen LogP contribution is 2.06. The molecule has 1 heterocycles.